The van der Waals surface area contributed by atoms with E-state index in [1.807, 2.05) is 0 Å². The molecule has 0 amide bonds. The topological polar surface area (TPSA) is 121 Å². The maximum atomic E-state index is 7.56. The monoisotopic (exact) mass is 374 g/mol. The fourth-order valence-electron chi connectivity index (χ4n) is 0. The molecule has 0 aromatic carbocycles. The molecule has 0 aromatic rings. The Bertz CT molecular complexity index is 206. The maximum absolute atomic E-state index is 7.56. The summed E-state index contributed by atoms with van der Waals surface area (Å²) in [5, 5.41) is 0. The molecule has 0 bridgehead atoms. The molecule has 0 spiro atoms. The summed E-state index contributed by atoms with van der Waals surface area (Å²) >= 11 is 7.21. The second kappa shape index (κ2) is 17.6. The van der Waals surface area contributed by atoms with Crippen LogP contribution in [0.15, 0.2) is 0 Å². The van der Waals surface area contributed by atoms with E-state index in [9.17, 15) is 0 Å². The third-order valence-corrected chi connectivity index (χ3v) is 0. The Labute approximate surface area is 137 Å². The van der Waals surface area contributed by atoms with Gasteiger partial charge >= 0.3 is 13.4 Å². The molecular formula is C8H29AlO6P2S2. The van der Waals surface area contributed by atoms with Crippen LogP contribution in [-0.4, -0.2) is 46.7 Å². The molecule has 122 valence electrons. The van der Waals surface area contributed by atoms with E-state index in [-0.39, 0.29) is 17.4 Å². The van der Waals surface area contributed by atoms with Gasteiger partial charge in [-0.05, 0) is 35.4 Å². The Kier molecular flexibility index (Phi) is 30.2. The van der Waals surface area contributed by atoms with Crippen LogP contribution in [0.1, 0.15) is 41.5 Å². The fraction of sp³-hybridized carbons (Fsp3) is 1.00. The van der Waals surface area contributed by atoms with Gasteiger partial charge in [0.05, 0.1) is 0 Å². The highest BCUT2D eigenvalue weighted by Gasteiger charge is 1.92. The first-order chi connectivity index (χ1) is 7.46. The van der Waals surface area contributed by atoms with Gasteiger partial charge < -0.3 is 29.4 Å². The number of hydrogen-bond donors (Lipinski definition) is 6. The van der Waals surface area contributed by atoms with Crippen molar-refractivity contribution < 1.29 is 29.4 Å². The van der Waals surface area contributed by atoms with E-state index in [1.54, 1.807) is 0 Å². The zero-order chi connectivity index (χ0) is 16.2. The van der Waals surface area contributed by atoms with Crippen molar-refractivity contribution >= 4 is 54.4 Å². The normalized spacial score (nSPS) is 10.0. The SMILES string of the molecule is CC(C)C.CC(C)C.OP(O)(O)=S.OP(O)(O)=S.[AlH3]. The molecule has 0 aliphatic rings. The van der Waals surface area contributed by atoms with Crippen LogP contribution in [0.2, 0.25) is 0 Å². The Hall–Kier alpha value is 1.59. The van der Waals surface area contributed by atoms with Crippen molar-refractivity contribution in [1.29, 1.82) is 0 Å². The average Bonchev–Trinajstić information content (AvgIpc) is 1.70. The van der Waals surface area contributed by atoms with Gasteiger partial charge in [-0.15, -0.1) is 0 Å². The zero-order valence-corrected chi connectivity index (χ0v) is 15.0. The third-order valence-electron chi connectivity index (χ3n) is 0. The second-order valence-electron chi connectivity index (χ2n) is 4.49. The zero-order valence-electron chi connectivity index (χ0n) is 11.5. The van der Waals surface area contributed by atoms with Crippen LogP contribution in [0, 0.1) is 11.8 Å². The summed E-state index contributed by atoms with van der Waals surface area (Å²) in [4.78, 5) is 45.3. The standard InChI is InChI=1S/2C4H10.Al.2H3O3PS.3H/c2*1-4(2)3;;2*1-4(2,3)5;;;/h2*4H,1-3H3;;2*(H3,1,2,3,5);;;. The molecule has 0 saturated heterocycles. The molecule has 0 aromatic heterocycles. The molecule has 0 unspecified atom stereocenters. The highest BCUT2D eigenvalue weighted by Crippen LogP contribution is 2.26. The first kappa shape index (κ1) is 32.5. The minimum atomic E-state index is -3.81. The average molecular weight is 374 g/mol. The molecule has 0 atom stereocenters. The van der Waals surface area contributed by atoms with Crippen molar-refractivity contribution in [3.63, 3.8) is 0 Å². The van der Waals surface area contributed by atoms with Crippen LogP contribution in [0.25, 0.3) is 0 Å². The molecule has 0 rings (SSSR count). The lowest BCUT2D eigenvalue weighted by atomic mass is 10.3. The van der Waals surface area contributed by atoms with Crippen LogP contribution < -0.4 is 0 Å². The van der Waals surface area contributed by atoms with Crippen molar-refractivity contribution in [3.05, 3.63) is 0 Å². The molecule has 19 heavy (non-hydrogen) atoms. The van der Waals surface area contributed by atoms with Gasteiger partial charge in [0.2, 0.25) is 0 Å². The molecule has 0 heterocycles. The quantitative estimate of drug-likeness (QED) is 0.268. The fourth-order valence-corrected chi connectivity index (χ4v) is 0. The summed E-state index contributed by atoms with van der Waals surface area (Å²) in [6, 6.07) is 0. The minimum Gasteiger partial charge on any atom is -0.325 e. The number of hydrogen-bond acceptors (Lipinski definition) is 2. The smallest absolute Gasteiger partial charge is 0.319 e. The van der Waals surface area contributed by atoms with Gasteiger partial charge in [-0.3, -0.25) is 0 Å². The summed E-state index contributed by atoms with van der Waals surface area (Å²) < 4.78 is 0. The van der Waals surface area contributed by atoms with Crippen molar-refractivity contribution in [2.45, 2.75) is 41.5 Å². The molecule has 6 N–H and O–H groups in total. The lowest BCUT2D eigenvalue weighted by Crippen LogP contribution is -1.66. The van der Waals surface area contributed by atoms with E-state index >= 15 is 0 Å². The molecule has 0 aliphatic heterocycles. The van der Waals surface area contributed by atoms with Crippen LogP contribution in [0.5, 0.6) is 0 Å². The molecular weight excluding hydrogens is 345 g/mol. The summed E-state index contributed by atoms with van der Waals surface area (Å²) in [5.41, 5.74) is 0. The van der Waals surface area contributed by atoms with Gasteiger partial charge in [-0.2, -0.15) is 0 Å². The largest absolute Gasteiger partial charge is 0.325 e. The van der Waals surface area contributed by atoms with E-state index in [1.165, 1.54) is 0 Å². The third kappa shape index (κ3) is 2390. The Morgan fingerprint density at radius 1 is 0.579 bits per heavy atom. The van der Waals surface area contributed by atoms with Crippen LogP contribution in [0.4, 0.5) is 0 Å². The predicted molar refractivity (Wildman–Crippen MR) is 92.8 cm³/mol. The molecule has 0 fully saturated rings. The van der Waals surface area contributed by atoms with Crippen molar-refractivity contribution in [2.24, 2.45) is 11.8 Å². The van der Waals surface area contributed by atoms with E-state index in [4.69, 9.17) is 29.4 Å². The van der Waals surface area contributed by atoms with Crippen molar-refractivity contribution in [1.82, 2.24) is 0 Å². The molecule has 11 heteroatoms. The summed E-state index contributed by atoms with van der Waals surface area (Å²) in [7, 11) is 0. The van der Waals surface area contributed by atoms with Gasteiger partial charge in [0.25, 0.3) is 0 Å². The molecule has 6 nitrogen and oxygen atoms in total. The van der Waals surface area contributed by atoms with Crippen LogP contribution >= 0.6 is 13.4 Å². The van der Waals surface area contributed by atoms with Gasteiger partial charge in [0.15, 0.2) is 17.4 Å². The lowest BCUT2D eigenvalue weighted by molar-refractivity contribution is 0.361. The van der Waals surface area contributed by atoms with Crippen LogP contribution in [-0.2, 0) is 23.6 Å². The highest BCUT2D eigenvalue weighted by molar-refractivity contribution is 8.06. The Balaban J connectivity index is -0.0000000453. The van der Waals surface area contributed by atoms with Gasteiger partial charge in [-0.1, -0.05) is 41.5 Å². The van der Waals surface area contributed by atoms with Gasteiger partial charge in [0, 0.05) is 0 Å². The first-order valence-electron chi connectivity index (χ1n) is 5.03. The summed E-state index contributed by atoms with van der Waals surface area (Å²) in [6.07, 6.45) is 0. The Morgan fingerprint density at radius 3 is 0.579 bits per heavy atom. The van der Waals surface area contributed by atoms with E-state index in [0.29, 0.717) is 0 Å². The van der Waals surface area contributed by atoms with Gasteiger partial charge in [0.1, 0.15) is 0 Å². The second-order valence-corrected chi connectivity index (χ2v) is 9.48. The molecule has 0 saturated carbocycles. The van der Waals surface area contributed by atoms with E-state index in [2.05, 4.69) is 65.2 Å². The van der Waals surface area contributed by atoms with Crippen molar-refractivity contribution in [3.8, 4) is 0 Å². The Morgan fingerprint density at radius 2 is 0.579 bits per heavy atom. The van der Waals surface area contributed by atoms with E-state index < -0.39 is 13.4 Å². The minimum absolute atomic E-state index is 0. The molecule has 0 aliphatic carbocycles. The van der Waals surface area contributed by atoms with Gasteiger partial charge in [-0.25, -0.2) is 0 Å². The summed E-state index contributed by atoms with van der Waals surface area (Å²) in [6.45, 7) is 5.39. The van der Waals surface area contributed by atoms with Crippen LogP contribution in [0.3, 0.4) is 0 Å². The summed E-state index contributed by atoms with van der Waals surface area (Å²) in [5.74, 6) is 1.67. The highest BCUT2D eigenvalue weighted by atomic mass is 32.5. The lowest BCUT2D eigenvalue weighted by Gasteiger charge is -1.88. The van der Waals surface area contributed by atoms with Crippen molar-refractivity contribution in [2.75, 3.05) is 0 Å². The maximum Gasteiger partial charge on any atom is 0.319 e. The van der Waals surface area contributed by atoms with E-state index in [0.717, 1.165) is 11.8 Å². The molecule has 0 radical (unpaired) electrons. The predicted octanol–water partition coefficient (Wildman–Crippen LogP) is 0.516. The number of rotatable bonds is 0. The first-order valence-corrected chi connectivity index (χ1v) is 10.4.